The van der Waals surface area contributed by atoms with Crippen LogP contribution in [-0.2, 0) is 0 Å². The molecule has 0 unspecified atom stereocenters. The summed E-state index contributed by atoms with van der Waals surface area (Å²) in [6.07, 6.45) is 0. The first kappa shape index (κ1) is 15.3. The van der Waals surface area contributed by atoms with Gasteiger partial charge >= 0.3 is 0 Å². The Hall–Kier alpha value is -3.55. The highest BCUT2D eigenvalue weighted by atomic mass is 19.1. The van der Waals surface area contributed by atoms with E-state index in [0.717, 1.165) is 4.68 Å². The van der Waals surface area contributed by atoms with Gasteiger partial charge in [0.15, 0.2) is 11.3 Å². The highest BCUT2D eigenvalue weighted by Gasteiger charge is 2.14. The first-order valence-electron chi connectivity index (χ1n) is 6.98. The second kappa shape index (κ2) is 6.29. The smallest absolute Gasteiger partial charge is 0.280 e. The molecule has 7 nitrogen and oxygen atoms in total. The lowest BCUT2D eigenvalue weighted by molar-refractivity contribution is 0.0937. The molecule has 0 aliphatic carbocycles. The number of nitrogen functional groups attached to an aromatic ring is 1. The fraction of sp³-hybridized carbons (Fsp3) is 0. The van der Waals surface area contributed by atoms with Gasteiger partial charge in [0.25, 0.3) is 5.91 Å². The predicted molar refractivity (Wildman–Crippen MR) is 86.1 cm³/mol. The van der Waals surface area contributed by atoms with Crippen molar-refractivity contribution < 1.29 is 9.18 Å². The topological polar surface area (TPSA) is 110 Å². The van der Waals surface area contributed by atoms with Crippen LogP contribution in [0.3, 0.4) is 0 Å². The van der Waals surface area contributed by atoms with E-state index in [4.69, 9.17) is 11.1 Å². The monoisotopic (exact) mass is 324 g/mol. The lowest BCUT2D eigenvalue weighted by atomic mass is 10.2. The first-order chi connectivity index (χ1) is 11.5. The second-order valence-corrected chi connectivity index (χ2v) is 4.88. The Labute approximate surface area is 136 Å². The van der Waals surface area contributed by atoms with Crippen molar-refractivity contribution in [3.8, 4) is 0 Å². The molecule has 120 valence electrons. The minimum Gasteiger partial charge on any atom is -0.380 e. The van der Waals surface area contributed by atoms with E-state index in [9.17, 15) is 9.18 Å². The van der Waals surface area contributed by atoms with Gasteiger partial charge in [-0.15, -0.1) is 5.10 Å². The van der Waals surface area contributed by atoms with Gasteiger partial charge in [0, 0.05) is 11.3 Å². The van der Waals surface area contributed by atoms with Gasteiger partial charge in [-0.2, -0.15) is 9.67 Å². The minimum absolute atomic E-state index is 0.0272. The number of nitrogens with one attached hydrogen (secondary N) is 2. The summed E-state index contributed by atoms with van der Waals surface area (Å²) < 4.78 is 13.8. The van der Waals surface area contributed by atoms with Gasteiger partial charge in [-0.05, 0) is 36.4 Å². The van der Waals surface area contributed by atoms with Crippen LogP contribution in [0.5, 0.6) is 0 Å². The summed E-state index contributed by atoms with van der Waals surface area (Å²) in [6.45, 7) is 0. The van der Waals surface area contributed by atoms with Crippen molar-refractivity contribution in [2.24, 2.45) is 0 Å². The molecule has 0 saturated carbocycles. The average Bonchev–Trinajstić information content (AvgIpc) is 2.60. The van der Waals surface area contributed by atoms with Crippen molar-refractivity contribution in [1.29, 1.82) is 5.41 Å². The molecular formula is C16H13FN6O. The quantitative estimate of drug-likeness (QED) is 0.682. The highest BCUT2D eigenvalue weighted by molar-refractivity contribution is 5.95. The lowest BCUT2D eigenvalue weighted by Gasteiger charge is -2.10. The Kier molecular flexibility index (Phi) is 4.02. The SMILES string of the molecule is N=c1c(N)nc(Nc2ccc(F)cc2)nn1C(=O)c1ccccc1. The number of hydrogen-bond donors (Lipinski definition) is 3. The Morgan fingerprint density at radius 2 is 1.79 bits per heavy atom. The average molecular weight is 324 g/mol. The molecule has 0 aliphatic rings. The third-order valence-corrected chi connectivity index (χ3v) is 3.19. The molecule has 3 rings (SSSR count). The second-order valence-electron chi connectivity index (χ2n) is 4.88. The first-order valence-corrected chi connectivity index (χ1v) is 6.98. The maximum absolute atomic E-state index is 12.9. The molecule has 0 spiro atoms. The van der Waals surface area contributed by atoms with Gasteiger partial charge in [0.05, 0.1) is 0 Å². The number of benzene rings is 2. The highest BCUT2D eigenvalue weighted by Crippen LogP contribution is 2.13. The molecule has 4 N–H and O–H groups in total. The van der Waals surface area contributed by atoms with E-state index in [1.807, 2.05) is 0 Å². The summed E-state index contributed by atoms with van der Waals surface area (Å²) in [5.41, 5.74) is 6.28. The number of rotatable bonds is 3. The van der Waals surface area contributed by atoms with Crippen molar-refractivity contribution in [2.45, 2.75) is 0 Å². The molecule has 24 heavy (non-hydrogen) atoms. The Bertz CT molecular complexity index is 937. The van der Waals surface area contributed by atoms with Crippen LogP contribution in [-0.4, -0.2) is 20.7 Å². The molecular weight excluding hydrogens is 311 g/mol. The minimum atomic E-state index is -0.503. The van der Waals surface area contributed by atoms with E-state index >= 15 is 0 Å². The maximum atomic E-state index is 12.9. The van der Waals surface area contributed by atoms with Crippen LogP contribution in [0.2, 0.25) is 0 Å². The van der Waals surface area contributed by atoms with Crippen molar-refractivity contribution in [2.75, 3.05) is 11.1 Å². The molecule has 2 aromatic carbocycles. The van der Waals surface area contributed by atoms with Crippen LogP contribution in [0.1, 0.15) is 10.4 Å². The van der Waals surface area contributed by atoms with E-state index in [1.54, 1.807) is 30.3 Å². The number of anilines is 3. The zero-order chi connectivity index (χ0) is 17.1. The van der Waals surface area contributed by atoms with Crippen LogP contribution in [0.25, 0.3) is 0 Å². The molecule has 0 amide bonds. The van der Waals surface area contributed by atoms with E-state index in [0.29, 0.717) is 11.3 Å². The van der Waals surface area contributed by atoms with E-state index < -0.39 is 5.91 Å². The van der Waals surface area contributed by atoms with Gasteiger partial charge in [0.2, 0.25) is 5.95 Å². The normalized spacial score (nSPS) is 10.4. The number of aromatic nitrogens is 3. The summed E-state index contributed by atoms with van der Waals surface area (Å²) in [7, 11) is 0. The molecule has 1 aromatic heterocycles. The molecule has 0 bridgehead atoms. The van der Waals surface area contributed by atoms with Crippen molar-refractivity contribution in [3.05, 3.63) is 71.5 Å². The lowest BCUT2D eigenvalue weighted by Crippen LogP contribution is -2.33. The third kappa shape index (κ3) is 3.12. The molecule has 0 saturated heterocycles. The third-order valence-electron chi connectivity index (χ3n) is 3.19. The zero-order valence-electron chi connectivity index (χ0n) is 12.4. The van der Waals surface area contributed by atoms with Crippen LogP contribution >= 0.6 is 0 Å². The number of nitrogens with zero attached hydrogens (tertiary/aromatic N) is 3. The number of nitrogens with two attached hydrogens (primary N) is 1. The van der Waals surface area contributed by atoms with Gasteiger partial charge in [-0.3, -0.25) is 10.2 Å². The van der Waals surface area contributed by atoms with Gasteiger partial charge in [0.1, 0.15) is 5.82 Å². The Morgan fingerprint density at radius 3 is 2.46 bits per heavy atom. The molecule has 0 aliphatic heterocycles. The zero-order valence-corrected chi connectivity index (χ0v) is 12.4. The van der Waals surface area contributed by atoms with Crippen molar-refractivity contribution in [3.63, 3.8) is 0 Å². The van der Waals surface area contributed by atoms with Crippen LogP contribution in [0.4, 0.5) is 21.8 Å². The summed E-state index contributed by atoms with van der Waals surface area (Å²) in [4.78, 5) is 16.4. The molecule has 0 fully saturated rings. The van der Waals surface area contributed by atoms with E-state index in [1.165, 1.54) is 24.3 Å². The molecule has 3 aromatic rings. The number of halogens is 1. The van der Waals surface area contributed by atoms with Crippen molar-refractivity contribution >= 4 is 23.4 Å². The van der Waals surface area contributed by atoms with Gasteiger partial charge in [-0.25, -0.2) is 4.39 Å². The van der Waals surface area contributed by atoms with E-state index in [-0.39, 0.29) is 23.1 Å². The predicted octanol–water partition coefficient (Wildman–Crippen LogP) is 1.91. The Balaban J connectivity index is 1.98. The standard InChI is InChI=1S/C16H13FN6O/c17-11-6-8-12(9-7-11)20-16-21-13(18)14(19)23(22-16)15(24)10-4-2-1-3-5-10/h1-9,19H,(H3,18,20,21,22). The molecule has 1 heterocycles. The van der Waals surface area contributed by atoms with Gasteiger partial charge < -0.3 is 11.1 Å². The van der Waals surface area contributed by atoms with E-state index in [2.05, 4.69) is 15.4 Å². The summed E-state index contributed by atoms with van der Waals surface area (Å²) in [5.74, 6) is -1.01. The fourth-order valence-electron chi connectivity index (χ4n) is 2.01. The van der Waals surface area contributed by atoms with Crippen LogP contribution < -0.4 is 16.5 Å². The molecule has 0 atom stereocenters. The number of hydrogen-bond acceptors (Lipinski definition) is 6. The molecule has 0 radical (unpaired) electrons. The van der Waals surface area contributed by atoms with Crippen molar-refractivity contribution in [1.82, 2.24) is 14.8 Å². The van der Waals surface area contributed by atoms with Crippen LogP contribution in [0, 0.1) is 11.2 Å². The van der Waals surface area contributed by atoms with Crippen LogP contribution in [0.15, 0.2) is 54.6 Å². The van der Waals surface area contributed by atoms with Gasteiger partial charge in [-0.1, -0.05) is 18.2 Å². The summed E-state index contributed by atoms with van der Waals surface area (Å²) in [6, 6.07) is 13.9. The maximum Gasteiger partial charge on any atom is 0.280 e. The summed E-state index contributed by atoms with van der Waals surface area (Å²) in [5, 5.41) is 14.7. The molecule has 8 heteroatoms. The largest absolute Gasteiger partial charge is 0.380 e. The summed E-state index contributed by atoms with van der Waals surface area (Å²) >= 11 is 0. The Morgan fingerprint density at radius 1 is 1.12 bits per heavy atom. The fourth-order valence-corrected chi connectivity index (χ4v) is 2.01. The number of carbonyl (C=O) groups is 1. The number of carbonyl (C=O) groups excluding carboxylic acids is 1.